The standard InChI is InChI=1S/C14H12N4O3S/c15-12(14(19)20)13(18-16)21-10-4-1-9(2-5-10)3-6-11-17-7-8-22-11/h1-2,4-5,7-8,18H,15-16H2,(H,19,20)/b13-12+. The average Bonchev–Trinajstić information content (AvgIpc) is 3.04. The highest BCUT2D eigenvalue weighted by Gasteiger charge is 2.11. The highest BCUT2D eigenvalue weighted by atomic mass is 32.1. The second kappa shape index (κ2) is 7.12. The van der Waals surface area contributed by atoms with Gasteiger partial charge in [-0.2, -0.15) is 0 Å². The third-order valence-corrected chi connectivity index (χ3v) is 3.11. The molecule has 2 rings (SSSR count). The minimum atomic E-state index is -1.33. The maximum Gasteiger partial charge on any atom is 0.357 e. The normalized spacial score (nSPS) is 11.0. The molecule has 0 aliphatic carbocycles. The molecule has 0 aliphatic heterocycles. The SMILES string of the molecule is NN/C(Oc1ccc(C#Cc2nccs2)cc1)=C(\N)C(=O)O. The van der Waals surface area contributed by atoms with E-state index in [-0.39, 0.29) is 5.88 Å². The molecule has 0 fully saturated rings. The van der Waals surface area contributed by atoms with Crippen LogP contribution in [0.25, 0.3) is 0 Å². The number of aromatic nitrogens is 1. The summed E-state index contributed by atoms with van der Waals surface area (Å²) in [6.07, 6.45) is 1.69. The van der Waals surface area contributed by atoms with Crippen molar-refractivity contribution in [2.75, 3.05) is 0 Å². The Bertz CT molecular complexity index is 743. The molecule has 22 heavy (non-hydrogen) atoms. The lowest BCUT2D eigenvalue weighted by Crippen LogP contribution is -2.31. The van der Waals surface area contributed by atoms with Gasteiger partial charge in [0.25, 0.3) is 0 Å². The summed E-state index contributed by atoms with van der Waals surface area (Å²) in [5.41, 5.74) is 7.69. The van der Waals surface area contributed by atoms with Crippen LogP contribution in [-0.2, 0) is 4.79 Å². The molecule has 0 atom stereocenters. The van der Waals surface area contributed by atoms with Gasteiger partial charge >= 0.3 is 5.97 Å². The van der Waals surface area contributed by atoms with E-state index in [1.807, 2.05) is 5.38 Å². The smallest absolute Gasteiger partial charge is 0.357 e. The van der Waals surface area contributed by atoms with Gasteiger partial charge in [-0.15, -0.1) is 11.3 Å². The molecule has 8 heteroatoms. The zero-order valence-electron chi connectivity index (χ0n) is 11.2. The summed E-state index contributed by atoms with van der Waals surface area (Å²) in [5, 5.41) is 11.4. The van der Waals surface area contributed by atoms with Crippen LogP contribution in [0.1, 0.15) is 10.6 Å². The summed E-state index contributed by atoms with van der Waals surface area (Å²) < 4.78 is 5.27. The minimum Gasteiger partial charge on any atom is -0.476 e. The molecule has 0 unspecified atom stereocenters. The molecule has 0 aliphatic rings. The largest absolute Gasteiger partial charge is 0.476 e. The molecule has 1 heterocycles. The third-order valence-electron chi connectivity index (χ3n) is 2.43. The van der Waals surface area contributed by atoms with Gasteiger partial charge in [-0.25, -0.2) is 15.6 Å². The molecular formula is C14H12N4O3S. The van der Waals surface area contributed by atoms with Gasteiger partial charge in [-0.3, -0.25) is 5.43 Å². The number of aliphatic carboxylic acids is 1. The fourth-order valence-electron chi connectivity index (χ4n) is 1.39. The molecule has 0 spiro atoms. The van der Waals surface area contributed by atoms with Gasteiger partial charge in [-0.05, 0) is 30.2 Å². The molecule has 1 aromatic carbocycles. The van der Waals surface area contributed by atoms with Crippen LogP contribution in [0.4, 0.5) is 0 Å². The van der Waals surface area contributed by atoms with Crippen LogP contribution >= 0.6 is 11.3 Å². The number of rotatable bonds is 4. The molecule has 2 aromatic rings. The number of hydrogen-bond donors (Lipinski definition) is 4. The van der Waals surface area contributed by atoms with Crippen LogP contribution in [0.3, 0.4) is 0 Å². The number of nitrogens with one attached hydrogen (secondary N) is 1. The molecular weight excluding hydrogens is 304 g/mol. The number of benzene rings is 1. The van der Waals surface area contributed by atoms with Crippen LogP contribution in [-0.4, -0.2) is 16.1 Å². The van der Waals surface area contributed by atoms with Gasteiger partial charge in [0.15, 0.2) is 10.7 Å². The van der Waals surface area contributed by atoms with Crippen LogP contribution in [0.15, 0.2) is 47.4 Å². The zero-order valence-corrected chi connectivity index (χ0v) is 12.1. The first-order valence-electron chi connectivity index (χ1n) is 5.99. The molecule has 0 bridgehead atoms. The fourth-order valence-corrected chi connectivity index (χ4v) is 1.88. The summed E-state index contributed by atoms with van der Waals surface area (Å²) in [4.78, 5) is 14.8. The summed E-state index contributed by atoms with van der Waals surface area (Å²) in [7, 11) is 0. The van der Waals surface area contributed by atoms with E-state index < -0.39 is 11.7 Å². The number of thiazole rings is 1. The maximum absolute atomic E-state index is 10.8. The number of hydrogen-bond acceptors (Lipinski definition) is 7. The topological polar surface area (TPSA) is 123 Å². The zero-order chi connectivity index (χ0) is 15.9. The Morgan fingerprint density at radius 3 is 2.59 bits per heavy atom. The average molecular weight is 316 g/mol. The van der Waals surface area contributed by atoms with Crippen LogP contribution in [0.2, 0.25) is 0 Å². The highest BCUT2D eigenvalue weighted by molar-refractivity contribution is 7.10. The Hall–Kier alpha value is -3.02. The third kappa shape index (κ3) is 3.99. The van der Waals surface area contributed by atoms with Crippen molar-refractivity contribution in [3.05, 3.63) is 58.0 Å². The van der Waals surface area contributed by atoms with Crippen molar-refractivity contribution in [3.8, 4) is 17.6 Å². The molecule has 0 saturated heterocycles. The van der Waals surface area contributed by atoms with Crippen molar-refractivity contribution in [3.63, 3.8) is 0 Å². The Kier molecular flexibility index (Phi) is 4.98. The van der Waals surface area contributed by atoms with E-state index in [0.29, 0.717) is 5.75 Å². The van der Waals surface area contributed by atoms with Gasteiger partial charge in [0.05, 0.1) is 0 Å². The lowest BCUT2D eigenvalue weighted by molar-refractivity contribution is -0.132. The van der Waals surface area contributed by atoms with Crippen LogP contribution in [0.5, 0.6) is 5.75 Å². The highest BCUT2D eigenvalue weighted by Crippen LogP contribution is 2.14. The van der Waals surface area contributed by atoms with E-state index in [1.54, 1.807) is 30.5 Å². The molecule has 6 N–H and O–H groups in total. The second-order valence-electron chi connectivity index (χ2n) is 3.91. The van der Waals surface area contributed by atoms with Crippen LogP contribution in [0, 0.1) is 11.8 Å². The number of hydrazine groups is 1. The molecule has 0 amide bonds. The molecule has 112 valence electrons. The Labute approximate surface area is 130 Å². The number of carbonyl (C=O) groups is 1. The fraction of sp³-hybridized carbons (Fsp3) is 0. The summed E-state index contributed by atoms with van der Waals surface area (Å²) in [6.45, 7) is 0. The van der Waals surface area contributed by atoms with Crippen molar-refractivity contribution in [2.45, 2.75) is 0 Å². The van der Waals surface area contributed by atoms with E-state index in [9.17, 15) is 4.79 Å². The number of carboxylic acids is 1. The number of nitrogens with zero attached hydrogens (tertiary/aromatic N) is 1. The molecule has 1 aromatic heterocycles. The lowest BCUT2D eigenvalue weighted by Gasteiger charge is -2.10. The van der Waals surface area contributed by atoms with E-state index in [2.05, 4.69) is 22.3 Å². The maximum atomic E-state index is 10.8. The molecule has 0 saturated carbocycles. The predicted octanol–water partition coefficient (Wildman–Crippen LogP) is 0.597. The minimum absolute atomic E-state index is 0.242. The first-order valence-corrected chi connectivity index (χ1v) is 6.87. The number of ether oxygens (including phenoxy) is 1. The summed E-state index contributed by atoms with van der Waals surface area (Å²) in [5.74, 6) is 9.86. The quantitative estimate of drug-likeness (QED) is 0.214. The van der Waals surface area contributed by atoms with Crippen molar-refractivity contribution < 1.29 is 14.6 Å². The number of nitrogens with two attached hydrogens (primary N) is 2. The first-order chi connectivity index (χ1) is 10.6. The summed E-state index contributed by atoms with van der Waals surface area (Å²) >= 11 is 1.46. The van der Waals surface area contributed by atoms with E-state index >= 15 is 0 Å². The Balaban J connectivity index is 2.12. The van der Waals surface area contributed by atoms with E-state index in [4.69, 9.17) is 21.4 Å². The van der Waals surface area contributed by atoms with E-state index in [0.717, 1.165) is 10.6 Å². The van der Waals surface area contributed by atoms with Gasteiger partial charge < -0.3 is 15.6 Å². The predicted molar refractivity (Wildman–Crippen MR) is 81.3 cm³/mol. The lowest BCUT2D eigenvalue weighted by atomic mass is 10.2. The van der Waals surface area contributed by atoms with E-state index in [1.165, 1.54) is 11.3 Å². The first kappa shape index (κ1) is 15.4. The Morgan fingerprint density at radius 2 is 2.05 bits per heavy atom. The molecule has 0 radical (unpaired) electrons. The van der Waals surface area contributed by atoms with Crippen LogP contribution < -0.4 is 21.7 Å². The Morgan fingerprint density at radius 1 is 1.32 bits per heavy atom. The van der Waals surface area contributed by atoms with Gasteiger partial charge in [0, 0.05) is 17.1 Å². The monoisotopic (exact) mass is 316 g/mol. The van der Waals surface area contributed by atoms with Gasteiger partial charge in [0.1, 0.15) is 5.75 Å². The van der Waals surface area contributed by atoms with Crippen molar-refractivity contribution >= 4 is 17.3 Å². The second-order valence-corrected chi connectivity index (χ2v) is 4.80. The number of carboxylic acid groups (broad SMARTS) is 1. The molecule has 7 nitrogen and oxygen atoms in total. The van der Waals surface area contributed by atoms with Crippen molar-refractivity contribution in [1.82, 2.24) is 10.4 Å². The van der Waals surface area contributed by atoms with Gasteiger partial charge in [-0.1, -0.05) is 5.92 Å². The van der Waals surface area contributed by atoms with Crippen molar-refractivity contribution in [2.24, 2.45) is 11.6 Å². The van der Waals surface area contributed by atoms with Crippen molar-refractivity contribution in [1.29, 1.82) is 0 Å². The summed E-state index contributed by atoms with van der Waals surface area (Å²) in [6, 6.07) is 6.69. The van der Waals surface area contributed by atoms with Gasteiger partial charge in [0.2, 0.25) is 5.88 Å².